The van der Waals surface area contributed by atoms with Crippen LogP contribution in [0.4, 0.5) is 0 Å². The lowest BCUT2D eigenvalue weighted by Gasteiger charge is -2.35. The van der Waals surface area contributed by atoms with E-state index >= 15 is 0 Å². The fraction of sp³-hybridized carbons (Fsp3) is 0.524. The number of unbranched alkanes of at least 4 members (excludes halogenated alkanes) is 3. The first-order valence-corrected chi connectivity index (χ1v) is 10.1. The second kappa shape index (κ2) is 7.73. The first-order valence-electron chi connectivity index (χ1n) is 10.1. The van der Waals surface area contributed by atoms with Crippen molar-refractivity contribution in [3.05, 3.63) is 47.1 Å². The van der Waals surface area contributed by atoms with Crippen molar-refractivity contribution in [2.75, 3.05) is 6.54 Å². The number of fused-ring (bicyclic) bond motifs is 2. The Bertz CT molecular complexity index is 878. The van der Waals surface area contributed by atoms with Crippen molar-refractivity contribution in [3.63, 3.8) is 0 Å². The molecule has 2 aliphatic heterocycles. The first-order chi connectivity index (χ1) is 13.6. The number of carbonyl (C=O) groups excluding carboxylic acids is 2. The highest BCUT2D eigenvalue weighted by Gasteiger charge is 2.48. The largest absolute Gasteiger partial charge is 0.364 e. The summed E-state index contributed by atoms with van der Waals surface area (Å²) in [6, 6.07) is 3.77. The normalized spacial score (nSPS) is 21.0. The van der Waals surface area contributed by atoms with Gasteiger partial charge in [0.1, 0.15) is 23.7 Å². The van der Waals surface area contributed by atoms with Gasteiger partial charge in [-0.05, 0) is 25.0 Å². The number of nitrogens with zero attached hydrogens (tertiary/aromatic N) is 4. The molecule has 2 aliphatic rings. The number of hydrogen-bond donors (Lipinski definition) is 0. The van der Waals surface area contributed by atoms with Gasteiger partial charge in [0.05, 0.1) is 11.7 Å². The fourth-order valence-electron chi connectivity index (χ4n) is 4.36. The number of amides is 2. The smallest absolute Gasteiger partial charge is 0.274 e. The van der Waals surface area contributed by atoms with Gasteiger partial charge in [0.15, 0.2) is 0 Å². The molecule has 2 aromatic heterocycles. The zero-order valence-electron chi connectivity index (χ0n) is 16.4. The highest BCUT2D eigenvalue weighted by molar-refractivity contribution is 5.99. The number of rotatable bonds is 6. The Morgan fingerprint density at radius 2 is 2.18 bits per heavy atom. The molecule has 4 heterocycles. The van der Waals surface area contributed by atoms with Gasteiger partial charge < -0.3 is 14.3 Å². The molecular weight excluding hydrogens is 356 g/mol. The van der Waals surface area contributed by atoms with Gasteiger partial charge in [-0.15, -0.1) is 0 Å². The number of carbonyl (C=O) groups is 2. The molecule has 2 aromatic rings. The van der Waals surface area contributed by atoms with Crippen LogP contribution in [0.3, 0.4) is 0 Å². The molecule has 0 aliphatic carbocycles. The van der Waals surface area contributed by atoms with Crippen molar-refractivity contribution < 1.29 is 14.1 Å². The molecule has 7 heteroatoms. The summed E-state index contributed by atoms with van der Waals surface area (Å²) in [6.45, 7) is 4.51. The van der Waals surface area contributed by atoms with Crippen LogP contribution in [-0.2, 0) is 6.42 Å². The molecule has 0 bridgehead atoms. The summed E-state index contributed by atoms with van der Waals surface area (Å²) in [6.07, 6.45) is 8.83. The molecule has 0 N–H and O–H groups in total. The maximum atomic E-state index is 13.4. The lowest BCUT2D eigenvalue weighted by atomic mass is 10.0. The van der Waals surface area contributed by atoms with Crippen molar-refractivity contribution in [2.45, 2.75) is 64.6 Å². The summed E-state index contributed by atoms with van der Waals surface area (Å²) in [5.41, 5.74) is 2.47. The summed E-state index contributed by atoms with van der Waals surface area (Å²) in [7, 11) is 0. The minimum atomic E-state index is -0.276. The third-order valence-corrected chi connectivity index (χ3v) is 5.84. The van der Waals surface area contributed by atoms with Crippen LogP contribution >= 0.6 is 0 Å². The maximum absolute atomic E-state index is 13.4. The zero-order valence-corrected chi connectivity index (χ0v) is 16.4. The topological polar surface area (TPSA) is 79.5 Å². The average molecular weight is 382 g/mol. The molecule has 2 unspecified atom stereocenters. The maximum Gasteiger partial charge on any atom is 0.274 e. The van der Waals surface area contributed by atoms with Gasteiger partial charge in [-0.3, -0.25) is 14.6 Å². The SMILES string of the molecule is CCCCCCC1CN2C(=O)c3ncccc3CC2N1C(=O)c1conc1C. The Hall–Kier alpha value is -2.70. The van der Waals surface area contributed by atoms with Gasteiger partial charge in [0.25, 0.3) is 11.8 Å². The van der Waals surface area contributed by atoms with Crippen LogP contribution in [0.25, 0.3) is 0 Å². The van der Waals surface area contributed by atoms with E-state index in [9.17, 15) is 9.59 Å². The Morgan fingerprint density at radius 1 is 1.32 bits per heavy atom. The van der Waals surface area contributed by atoms with E-state index in [1.54, 1.807) is 13.1 Å². The lowest BCUT2D eigenvalue weighted by molar-refractivity contribution is 0.0480. The monoisotopic (exact) mass is 382 g/mol. The summed E-state index contributed by atoms with van der Waals surface area (Å²) in [4.78, 5) is 34.4. The summed E-state index contributed by atoms with van der Waals surface area (Å²) in [5, 5.41) is 3.86. The van der Waals surface area contributed by atoms with Gasteiger partial charge in [0, 0.05) is 19.2 Å². The minimum absolute atomic E-state index is 0.00178. The third kappa shape index (κ3) is 3.19. The summed E-state index contributed by atoms with van der Waals surface area (Å²) < 4.78 is 5.00. The van der Waals surface area contributed by atoms with Crippen molar-refractivity contribution >= 4 is 11.8 Å². The minimum Gasteiger partial charge on any atom is -0.364 e. The lowest BCUT2D eigenvalue weighted by Crippen LogP contribution is -2.50. The molecule has 148 valence electrons. The molecule has 1 fully saturated rings. The van der Waals surface area contributed by atoms with Crippen LogP contribution in [0.1, 0.15) is 71.1 Å². The Morgan fingerprint density at radius 3 is 2.93 bits per heavy atom. The van der Waals surface area contributed by atoms with E-state index in [4.69, 9.17) is 4.52 Å². The van der Waals surface area contributed by atoms with E-state index in [2.05, 4.69) is 17.1 Å². The molecule has 28 heavy (non-hydrogen) atoms. The molecule has 2 atom stereocenters. The van der Waals surface area contributed by atoms with Crippen LogP contribution in [0.2, 0.25) is 0 Å². The molecule has 0 aromatic carbocycles. The quantitative estimate of drug-likeness (QED) is 0.717. The van der Waals surface area contributed by atoms with E-state index in [-0.39, 0.29) is 24.0 Å². The predicted molar refractivity (Wildman–Crippen MR) is 103 cm³/mol. The zero-order chi connectivity index (χ0) is 19.7. The summed E-state index contributed by atoms with van der Waals surface area (Å²) in [5.74, 6) is -0.186. The van der Waals surface area contributed by atoms with Gasteiger partial charge in [-0.25, -0.2) is 0 Å². The molecular formula is C21H26N4O3. The second-order valence-corrected chi connectivity index (χ2v) is 7.68. The van der Waals surface area contributed by atoms with E-state index in [1.165, 1.54) is 19.1 Å². The number of aromatic nitrogens is 2. The van der Waals surface area contributed by atoms with Gasteiger partial charge in [0.2, 0.25) is 0 Å². The van der Waals surface area contributed by atoms with E-state index < -0.39 is 0 Å². The molecule has 4 rings (SSSR count). The molecule has 2 amide bonds. The summed E-state index contributed by atoms with van der Waals surface area (Å²) >= 11 is 0. The van der Waals surface area contributed by atoms with Crippen LogP contribution in [0, 0.1) is 6.92 Å². The molecule has 0 spiro atoms. The van der Waals surface area contributed by atoms with Crippen LogP contribution < -0.4 is 0 Å². The van der Waals surface area contributed by atoms with Gasteiger partial charge in [-0.2, -0.15) is 0 Å². The number of pyridine rings is 1. The Labute approximate surface area is 164 Å². The van der Waals surface area contributed by atoms with Crippen LogP contribution in [-0.4, -0.2) is 50.5 Å². The van der Waals surface area contributed by atoms with Crippen molar-refractivity contribution in [1.29, 1.82) is 0 Å². The fourth-order valence-corrected chi connectivity index (χ4v) is 4.36. The second-order valence-electron chi connectivity index (χ2n) is 7.68. The average Bonchev–Trinajstić information content (AvgIpc) is 3.29. The number of hydrogen-bond acceptors (Lipinski definition) is 5. The third-order valence-electron chi connectivity index (χ3n) is 5.84. The van der Waals surface area contributed by atoms with Crippen molar-refractivity contribution in [2.24, 2.45) is 0 Å². The van der Waals surface area contributed by atoms with Crippen molar-refractivity contribution in [1.82, 2.24) is 19.9 Å². The molecule has 0 radical (unpaired) electrons. The predicted octanol–water partition coefficient (Wildman–Crippen LogP) is 3.20. The molecule has 0 saturated carbocycles. The highest BCUT2D eigenvalue weighted by atomic mass is 16.5. The van der Waals surface area contributed by atoms with Gasteiger partial charge in [-0.1, -0.05) is 43.8 Å². The van der Waals surface area contributed by atoms with Crippen LogP contribution in [0.5, 0.6) is 0 Å². The Kier molecular flexibility index (Phi) is 5.15. The first kappa shape index (κ1) is 18.7. The standard InChI is InChI=1S/C21H26N4O3/c1-3-4-5-6-9-16-12-24-18(11-15-8-7-10-22-19(15)21(24)27)25(16)20(26)17-13-28-23-14(17)2/h7-8,10,13,16,18H,3-6,9,11-12H2,1-2H3. The van der Waals surface area contributed by atoms with E-state index in [1.807, 2.05) is 21.9 Å². The van der Waals surface area contributed by atoms with Gasteiger partial charge >= 0.3 is 0 Å². The van der Waals surface area contributed by atoms with Crippen LogP contribution in [0.15, 0.2) is 29.1 Å². The molecule has 1 saturated heterocycles. The Balaban J connectivity index is 1.64. The van der Waals surface area contributed by atoms with E-state index in [0.29, 0.717) is 29.9 Å². The van der Waals surface area contributed by atoms with E-state index in [0.717, 1.165) is 24.8 Å². The number of aryl methyl sites for hydroxylation is 1. The molecule has 7 nitrogen and oxygen atoms in total. The van der Waals surface area contributed by atoms with Crippen molar-refractivity contribution in [3.8, 4) is 0 Å². The highest BCUT2D eigenvalue weighted by Crippen LogP contribution is 2.34.